The minimum absolute atomic E-state index is 0.291. The van der Waals surface area contributed by atoms with Gasteiger partial charge in [-0.15, -0.1) is 0 Å². The van der Waals surface area contributed by atoms with Gasteiger partial charge in [0.2, 0.25) is 0 Å². The lowest BCUT2D eigenvalue weighted by atomic mass is 10.1. The molecule has 2 rings (SSSR count). The summed E-state index contributed by atoms with van der Waals surface area (Å²) in [7, 11) is 2.08. The molecule has 2 N–H and O–H groups in total. The highest BCUT2D eigenvalue weighted by Crippen LogP contribution is 2.28. The number of likely N-dealkylation sites (N-methyl/N-ethyl adjacent to an activating group) is 1. The Labute approximate surface area is 90.8 Å². The molecule has 1 heterocycles. The van der Waals surface area contributed by atoms with E-state index >= 15 is 0 Å². The molecular weight excluding hydrogens is 188 g/mol. The normalized spacial score (nSPS) is 19.0. The van der Waals surface area contributed by atoms with Crippen LogP contribution in [0.15, 0.2) is 24.3 Å². The quantitative estimate of drug-likeness (QED) is 0.795. The molecule has 0 radical (unpaired) electrons. The summed E-state index contributed by atoms with van der Waals surface area (Å²) >= 11 is 0. The van der Waals surface area contributed by atoms with E-state index in [9.17, 15) is 0 Å². The Morgan fingerprint density at radius 2 is 2.27 bits per heavy atom. The second kappa shape index (κ2) is 4.64. The molecule has 0 amide bonds. The first-order valence-electron chi connectivity index (χ1n) is 5.43. The van der Waals surface area contributed by atoms with Crippen molar-refractivity contribution in [2.45, 2.75) is 12.5 Å². The zero-order chi connectivity index (χ0) is 10.7. The molecule has 1 aromatic rings. The third-order valence-electron chi connectivity index (χ3n) is 2.74. The van der Waals surface area contributed by atoms with E-state index in [1.54, 1.807) is 0 Å². The van der Waals surface area contributed by atoms with Crippen LogP contribution in [0.4, 0.5) is 0 Å². The Bertz CT molecular complexity index is 302. The van der Waals surface area contributed by atoms with Crippen LogP contribution in [0.25, 0.3) is 0 Å². The number of ether oxygens (including phenoxy) is 1. The van der Waals surface area contributed by atoms with Crippen LogP contribution in [0, 0.1) is 0 Å². The minimum atomic E-state index is 0.291. The molecule has 3 heteroatoms. The van der Waals surface area contributed by atoms with Gasteiger partial charge in [-0.3, -0.25) is 0 Å². The van der Waals surface area contributed by atoms with Gasteiger partial charge in [0.15, 0.2) is 0 Å². The van der Waals surface area contributed by atoms with E-state index in [2.05, 4.69) is 24.1 Å². The Hall–Kier alpha value is -1.06. The van der Waals surface area contributed by atoms with Gasteiger partial charge in [-0.05, 0) is 18.7 Å². The van der Waals surface area contributed by atoms with Crippen LogP contribution < -0.4 is 10.5 Å². The minimum Gasteiger partial charge on any atom is -0.488 e. The predicted octanol–water partition coefficient (Wildman–Crippen LogP) is 0.881. The maximum absolute atomic E-state index is 5.84. The number of nitrogens with zero attached hydrogens (tertiary/aromatic N) is 1. The highest BCUT2D eigenvalue weighted by molar-refractivity contribution is 5.37. The lowest BCUT2D eigenvalue weighted by Gasteiger charge is -2.19. The number of para-hydroxylation sites is 1. The number of hydrogen-bond donors (Lipinski definition) is 1. The molecular formula is C12H18N2O. The maximum Gasteiger partial charge on any atom is 0.123 e. The number of hydrogen-bond acceptors (Lipinski definition) is 3. The fourth-order valence-corrected chi connectivity index (χ4v) is 2.02. The average Bonchev–Trinajstić information content (AvgIpc) is 2.59. The first kappa shape index (κ1) is 10.5. The van der Waals surface area contributed by atoms with Crippen molar-refractivity contribution in [1.29, 1.82) is 0 Å². The van der Waals surface area contributed by atoms with Gasteiger partial charge in [-0.2, -0.15) is 0 Å². The fraction of sp³-hybridized carbons (Fsp3) is 0.500. The van der Waals surface area contributed by atoms with Crippen LogP contribution in [0.2, 0.25) is 0 Å². The average molecular weight is 206 g/mol. The molecule has 0 saturated heterocycles. The molecule has 0 fully saturated rings. The molecule has 1 aromatic carbocycles. The van der Waals surface area contributed by atoms with Crippen LogP contribution in [0.1, 0.15) is 5.56 Å². The van der Waals surface area contributed by atoms with Crippen LogP contribution in [-0.2, 0) is 6.42 Å². The second-order valence-corrected chi connectivity index (χ2v) is 4.10. The zero-order valence-corrected chi connectivity index (χ0v) is 9.15. The molecule has 1 atom stereocenters. The first-order valence-corrected chi connectivity index (χ1v) is 5.43. The molecule has 0 aromatic heterocycles. The summed E-state index contributed by atoms with van der Waals surface area (Å²) in [6, 6.07) is 8.26. The van der Waals surface area contributed by atoms with Crippen molar-refractivity contribution in [3.63, 3.8) is 0 Å². The summed E-state index contributed by atoms with van der Waals surface area (Å²) in [6.07, 6.45) is 1.31. The van der Waals surface area contributed by atoms with Crippen molar-refractivity contribution < 1.29 is 4.74 Å². The Kier molecular flexibility index (Phi) is 3.23. The van der Waals surface area contributed by atoms with Crippen LogP contribution in [0.3, 0.4) is 0 Å². The van der Waals surface area contributed by atoms with Gasteiger partial charge in [0.25, 0.3) is 0 Å². The van der Waals surface area contributed by atoms with E-state index in [4.69, 9.17) is 10.5 Å². The van der Waals surface area contributed by atoms with Crippen LogP contribution in [0.5, 0.6) is 5.75 Å². The van der Waals surface area contributed by atoms with Gasteiger partial charge in [-0.25, -0.2) is 0 Å². The SMILES string of the molecule is CN(CCN)CC1Cc2ccccc2O1. The van der Waals surface area contributed by atoms with E-state index in [0.29, 0.717) is 12.6 Å². The molecule has 0 spiro atoms. The predicted molar refractivity (Wildman–Crippen MR) is 61.1 cm³/mol. The Morgan fingerprint density at radius 1 is 1.47 bits per heavy atom. The van der Waals surface area contributed by atoms with Gasteiger partial charge in [0.1, 0.15) is 11.9 Å². The number of nitrogens with two attached hydrogens (primary N) is 1. The smallest absolute Gasteiger partial charge is 0.123 e. The van der Waals surface area contributed by atoms with Crippen molar-refractivity contribution in [2.24, 2.45) is 5.73 Å². The van der Waals surface area contributed by atoms with Crippen molar-refractivity contribution in [2.75, 3.05) is 26.7 Å². The topological polar surface area (TPSA) is 38.5 Å². The summed E-state index contributed by atoms with van der Waals surface area (Å²) in [4.78, 5) is 2.22. The number of rotatable bonds is 4. The zero-order valence-electron chi connectivity index (χ0n) is 9.15. The lowest BCUT2D eigenvalue weighted by Crippen LogP contribution is -2.35. The molecule has 1 aliphatic rings. The number of benzene rings is 1. The largest absolute Gasteiger partial charge is 0.488 e. The summed E-state index contributed by atoms with van der Waals surface area (Å²) in [5, 5.41) is 0. The molecule has 0 bridgehead atoms. The van der Waals surface area contributed by atoms with Crippen molar-refractivity contribution in [1.82, 2.24) is 4.90 Å². The molecule has 15 heavy (non-hydrogen) atoms. The van der Waals surface area contributed by atoms with E-state index in [0.717, 1.165) is 25.3 Å². The monoisotopic (exact) mass is 206 g/mol. The lowest BCUT2D eigenvalue weighted by molar-refractivity contribution is 0.171. The second-order valence-electron chi connectivity index (χ2n) is 4.10. The third kappa shape index (κ3) is 2.49. The number of fused-ring (bicyclic) bond motifs is 1. The van der Waals surface area contributed by atoms with Gasteiger partial charge in [-0.1, -0.05) is 18.2 Å². The van der Waals surface area contributed by atoms with Gasteiger partial charge in [0, 0.05) is 26.1 Å². The Morgan fingerprint density at radius 3 is 3.00 bits per heavy atom. The molecule has 1 unspecified atom stereocenters. The van der Waals surface area contributed by atoms with E-state index in [1.807, 2.05) is 12.1 Å². The molecule has 1 aliphatic heterocycles. The molecule has 0 saturated carbocycles. The molecule has 82 valence electrons. The van der Waals surface area contributed by atoms with Crippen LogP contribution in [-0.4, -0.2) is 37.7 Å². The summed E-state index contributed by atoms with van der Waals surface area (Å²) in [5.41, 5.74) is 6.83. The van der Waals surface area contributed by atoms with Gasteiger partial charge < -0.3 is 15.4 Å². The highest BCUT2D eigenvalue weighted by Gasteiger charge is 2.22. The molecule has 0 aliphatic carbocycles. The van der Waals surface area contributed by atoms with Crippen molar-refractivity contribution in [3.8, 4) is 5.75 Å². The van der Waals surface area contributed by atoms with E-state index in [1.165, 1.54) is 5.56 Å². The summed E-state index contributed by atoms with van der Waals surface area (Å²) < 4.78 is 5.84. The summed E-state index contributed by atoms with van der Waals surface area (Å²) in [5.74, 6) is 1.05. The van der Waals surface area contributed by atoms with E-state index in [-0.39, 0.29) is 0 Å². The standard InChI is InChI=1S/C12H18N2O/c1-14(7-6-13)9-11-8-10-4-2-3-5-12(10)15-11/h2-5,11H,6-9,13H2,1H3. The van der Waals surface area contributed by atoms with Crippen molar-refractivity contribution >= 4 is 0 Å². The fourth-order valence-electron chi connectivity index (χ4n) is 2.02. The first-order chi connectivity index (χ1) is 7.29. The summed E-state index contributed by atoms with van der Waals surface area (Å²) in [6.45, 7) is 2.58. The van der Waals surface area contributed by atoms with Crippen molar-refractivity contribution in [3.05, 3.63) is 29.8 Å². The van der Waals surface area contributed by atoms with Gasteiger partial charge >= 0.3 is 0 Å². The van der Waals surface area contributed by atoms with Crippen LogP contribution >= 0.6 is 0 Å². The third-order valence-corrected chi connectivity index (χ3v) is 2.74. The highest BCUT2D eigenvalue weighted by atomic mass is 16.5. The Balaban J connectivity index is 1.90. The van der Waals surface area contributed by atoms with Gasteiger partial charge in [0.05, 0.1) is 0 Å². The molecule has 3 nitrogen and oxygen atoms in total. The van der Waals surface area contributed by atoms with E-state index < -0.39 is 0 Å². The maximum atomic E-state index is 5.84.